The number of ether oxygens (including phenoxy) is 1. The van der Waals surface area contributed by atoms with Crippen LogP contribution in [-0.4, -0.2) is 60.8 Å². The number of rotatable bonds is 6. The number of amides is 1. The van der Waals surface area contributed by atoms with Gasteiger partial charge in [-0.25, -0.2) is 4.39 Å². The molecule has 2 heterocycles. The summed E-state index contributed by atoms with van der Waals surface area (Å²) in [6.07, 6.45) is 0. The van der Waals surface area contributed by atoms with Gasteiger partial charge in [0.15, 0.2) is 12.4 Å². The van der Waals surface area contributed by atoms with Gasteiger partial charge in [0.25, 0.3) is 5.91 Å². The maximum absolute atomic E-state index is 12.9. The molecule has 1 amide bonds. The van der Waals surface area contributed by atoms with Crippen LogP contribution in [0, 0.1) is 5.82 Å². The minimum atomic E-state index is -0.353. The van der Waals surface area contributed by atoms with E-state index >= 15 is 0 Å². The SMILES string of the molecule is CN1CCN(c2ccc(-c3cccc(NC(=O)COc4ccc(F)cc4)c3)nn2)CC1. The number of carbonyl (C=O) groups is 1. The van der Waals surface area contributed by atoms with Crippen molar-refractivity contribution in [3.63, 3.8) is 0 Å². The molecule has 1 aliphatic heterocycles. The van der Waals surface area contributed by atoms with Crippen LogP contribution < -0.4 is 15.0 Å². The number of nitrogens with one attached hydrogen (secondary N) is 1. The van der Waals surface area contributed by atoms with E-state index in [4.69, 9.17) is 4.74 Å². The number of benzene rings is 2. The summed E-state index contributed by atoms with van der Waals surface area (Å²) in [6.45, 7) is 3.72. The molecule has 1 N–H and O–H groups in total. The second-order valence-electron chi connectivity index (χ2n) is 7.44. The highest BCUT2D eigenvalue weighted by atomic mass is 19.1. The van der Waals surface area contributed by atoms with Gasteiger partial charge in [0, 0.05) is 37.4 Å². The first-order valence-corrected chi connectivity index (χ1v) is 10.1. The van der Waals surface area contributed by atoms with E-state index in [9.17, 15) is 9.18 Å². The summed E-state index contributed by atoms with van der Waals surface area (Å²) in [6, 6.07) is 16.9. The van der Waals surface area contributed by atoms with Gasteiger partial charge in [0.1, 0.15) is 11.6 Å². The molecule has 0 radical (unpaired) electrons. The molecule has 8 heteroatoms. The minimum Gasteiger partial charge on any atom is -0.484 e. The molecule has 3 aromatic rings. The average Bonchev–Trinajstić information content (AvgIpc) is 2.80. The number of anilines is 2. The number of carbonyl (C=O) groups excluding carboxylic acids is 1. The van der Waals surface area contributed by atoms with Crippen molar-refractivity contribution in [2.24, 2.45) is 0 Å². The first kappa shape index (κ1) is 20.7. The molecule has 1 aromatic heterocycles. The Bertz CT molecular complexity index is 1020. The molecule has 0 saturated carbocycles. The van der Waals surface area contributed by atoms with Crippen molar-refractivity contribution in [2.45, 2.75) is 0 Å². The number of hydrogen-bond acceptors (Lipinski definition) is 6. The molecule has 31 heavy (non-hydrogen) atoms. The number of likely N-dealkylation sites (N-methyl/N-ethyl adjacent to an activating group) is 1. The number of aromatic nitrogens is 2. The molecule has 0 atom stereocenters. The van der Waals surface area contributed by atoms with Crippen LogP contribution in [0.4, 0.5) is 15.9 Å². The zero-order valence-corrected chi connectivity index (χ0v) is 17.3. The van der Waals surface area contributed by atoms with Crippen LogP contribution in [0.15, 0.2) is 60.7 Å². The second-order valence-corrected chi connectivity index (χ2v) is 7.44. The van der Waals surface area contributed by atoms with E-state index in [-0.39, 0.29) is 18.3 Å². The number of nitrogens with zero attached hydrogens (tertiary/aromatic N) is 4. The molecule has 7 nitrogen and oxygen atoms in total. The van der Waals surface area contributed by atoms with E-state index in [2.05, 4.69) is 32.4 Å². The Morgan fingerprint density at radius 3 is 2.52 bits per heavy atom. The zero-order chi connectivity index (χ0) is 21.6. The Kier molecular flexibility index (Phi) is 6.37. The number of hydrogen-bond donors (Lipinski definition) is 1. The van der Waals surface area contributed by atoms with E-state index in [0.717, 1.165) is 43.3 Å². The van der Waals surface area contributed by atoms with Crippen molar-refractivity contribution in [3.8, 4) is 17.0 Å². The minimum absolute atomic E-state index is 0.171. The van der Waals surface area contributed by atoms with E-state index in [1.807, 2.05) is 30.3 Å². The molecule has 1 saturated heterocycles. The molecule has 0 aliphatic carbocycles. The largest absolute Gasteiger partial charge is 0.484 e. The Labute approximate surface area is 180 Å². The summed E-state index contributed by atoms with van der Waals surface area (Å²) in [5, 5.41) is 11.6. The monoisotopic (exact) mass is 421 g/mol. The zero-order valence-electron chi connectivity index (χ0n) is 17.3. The average molecular weight is 421 g/mol. The van der Waals surface area contributed by atoms with Crippen molar-refractivity contribution in [1.29, 1.82) is 0 Å². The summed E-state index contributed by atoms with van der Waals surface area (Å²) in [5.41, 5.74) is 2.22. The summed E-state index contributed by atoms with van der Waals surface area (Å²) in [5.74, 6) is 0.645. The van der Waals surface area contributed by atoms with Gasteiger partial charge < -0.3 is 19.9 Å². The lowest BCUT2D eigenvalue weighted by atomic mass is 10.1. The molecule has 2 aromatic carbocycles. The van der Waals surface area contributed by atoms with Crippen molar-refractivity contribution >= 4 is 17.4 Å². The highest BCUT2D eigenvalue weighted by Crippen LogP contribution is 2.22. The van der Waals surface area contributed by atoms with E-state index < -0.39 is 0 Å². The summed E-state index contributed by atoms with van der Waals surface area (Å²) < 4.78 is 18.3. The van der Waals surface area contributed by atoms with Crippen molar-refractivity contribution in [2.75, 3.05) is 50.1 Å². The van der Waals surface area contributed by atoms with E-state index in [1.165, 1.54) is 24.3 Å². The first-order chi connectivity index (χ1) is 15.1. The fourth-order valence-electron chi connectivity index (χ4n) is 3.32. The van der Waals surface area contributed by atoms with Crippen molar-refractivity contribution in [1.82, 2.24) is 15.1 Å². The van der Waals surface area contributed by atoms with Crippen LogP contribution >= 0.6 is 0 Å². The van der Waals surface area contributed by atoms with Crippen molar-refractivity contribution in [3.05, 3.63) is 66.5 Å². The summed E-state index contributed by atoms with van der Waals surface area (Å²) in [4.78, 5) is 16.7. The second kappa shape index (κ2) is 9.53. The normalized spacial score (nSPS) is 14.3. The summed E-state index contributed by atoms with van der Waals surface area (Å²) in [7, 11) is 2.12. The van der Waals surface area contributed by atoms with Gasteiger partial charge in [-0.2, -0.15) is 0 Å². The maximum Gasteiger partial charge on any atom is 0.262 e. The van der Waals surface area contributed by atoms with Gasteiger partial charge in [0.05, 0.1) is 5.69 Å². The molecule has 1 aliphatic rings. The van der Waals surface area contributed by atoms with Crippen LogP contribution in [0.2, 0.25) is 0 Å². The molecular weight excluding hydrogens is 397 g/mol. The lowest BCUT2D eigenvalue weighted by molar-refractivity contribution is -0.118. The predicted octanol–water partition coefficient (Wildman–Crippen LogP) is 3.05. The Balaban J connectivity index is 1.36. The topological polar surface area (TPSA) is 70.6 Å². The molecule has 0 unspecified atom stereocenters. The third-order valence-corrected chi connectivity index (χ3v) is 5.10. The lowest BCUT2D eigenvalue weighted by Crippen LogP contribution is -2.44. The number of piperazine rings is 1. The highest BCUT2D eigenvalue weighted by molar-refractivity contribution is 5.92. The highest BCUT2D eigenvalue weighted by Gasteiger charge is 2.15. The Morgan fingerprint density at radius 2 is 1.81 bits per heavy atom. The molecule has 0 bridgehead atoms. The van der Waals surface area contributed by atoms with Gasteiger partial charge >= 0.3 is 0 Å². The molecule has 160 valence electrons. The van der Waals surface area contributed by atoms with E-state index in [1.54, 1.807) is 6.07 Å². The third-order valence-electron chi connectivity index (χ3n) is 5.10. The Morgan fingerprint density at radius 1 is 1.03 bits per heavy atom. The van der Waals surface area contributed by atoms with Crippen molar-refractivity contribution < 1.29 is 13.9 Å². The third kappa shape index (κ3) is 5.55. The lowest BCUT2D eigenvalue weighted by Gasteiger charge is -2.32. The van der Waals surface area contributed by atoms with Gasteiger partial charge in [-0.15, -0.1) is 10.2 Å². The standard InChI is InChI=1S/C23H24FN5O2/c1-28-11-13-29(14-12-28)22-10-9-21(26-27-22)17-3-2-4-19(15-17)25-23(30)16-31-20-7-5-18(24)6-8-20/h2-10,15H,11-14,16H2,1H3,(H,25,30). The molecule has 0 spiro atoms. The van der Waals surface area contributed by atoms with Crippen LogP contribution in [0.1, 0.15) is 0 Å². The smallest absolute Gasteiger partial charge is 0.262 e. The van der Waals surface area contributed by atoms with Crippen LogP contribution in [0.25, 0.3) is 11.3 Å². The quantitative estimate of drug-likeness (QED) is 0.660. The molecule has 1 fully saturated rings. The fraction of sp³-hybridized carbons (Fsp3) is 0.261. The Hall–Kier alpha value is -3.52. The molecular formula is C23H24FN5O2. The number of halogens is 1. The van der Waals surface area contributed by atoms with Crippen LogP contribution in [-0.2, 0) is 4.79 Å². The van der Waals surface area contributed by atoms with E-state index in [0.29, 0.717) is 11.4 Å². The van der Waals surface area contributed by atoms with Gasteiger partial charge in [0.2, 0.25) is 0 Å². The fourth-order valence-corrected chi connectivity index (χ4v) is 3.32. The van der Waals surface area contributed by atoms with Gasteiger partial charge in [-0.05, 0) is 55.6 Å². The maximum atomic E-state index is 12.9. The molecule has 4 rings (SSSR count). The van der Waals surface area contributed by atoms with Crippen LogP contribution in [0.3, 0.4) is 0 Å². The summed E-state index contributed by atoms with van der Waals surface area (Å²) >= 11 is 0. The van der Waals surface area contributed by atoms with Crippen LogP contribution in [0.5, 0.6) is 5.75 Å². The predicted molar refractivity (Wildman–Crippen MR) is 118 cm³/mol. The van der Waals surface area contributed by atoms with Gasteiger partial charge in [-0.1, -0.05) is 12.1 Å². The van der Waals surface area contributed by atoms with Gasteiger partial charge in [-0.3, -0.25) is 4.79 Å². The first-order valence-electron chi connectivity index (χ1n) is 10.1.